The van der Waals surface area contributed by atoms with Crippen LogP contribution < -0.4 is 0 Å². The fourth-order valence-corrected chi connectivity index (χ4v) is 2.08. The molecule has 3 rings (SSSR count). The van der Waals surface area contributed by atoms with Gasteiger partial charge in [-0.25, -0.2) is 4.79 Å². The van der Waals surface area contributed by atoms with E-state index in [-0.39, 0.29) is 5.56 Å². The summed E-state index contributed by atoms with van der Waals surface area (Å²) < 4.78 is 10.1. The molecule has 0 spiro atoms. The molecule has 0 radical (unpaired) electrons. The monoisotopic (exact) mass is 254 g/mol. The number of benzene rings is 2. The molecule has 94 valence electrons. The number of furan rings is 1. The molecule has 0 aliphatic rings. The molecule has 19 heavy (non-hydrogen) atoms. The molecule has 0 amide bonds. The van der Waals surface area contributed by atoms with Gasteiger partial charge in [-0.3, -0.25) is 4.79 Å². The van der Waals surface area contributed by atoms with Gasteiger partial charge in [0, 0.05) is 16.3 Å². The second-order valence-corrected chi connectivity index (χ2v) is 4.13. The standard InChI is InChI=1S/C15H10O4/c1-18-15(17)14(16)9-6-7-11-10-4-2-3-5-12(10)19-13(11)8-9/h2-8H,1H3. The van der Waals surface area contributed by atoms with Crippen LogP contribution in [0, 0.1) is 0 Å². The molecule has 0 saturated heterocycles. The average molecular weight is 254 g/mol. The third-order valence-corrected chi connectivity index (χ3v) is 3.01. The van der Waals surface area contributed by atoms with Gasteiger partial charge in [0.05, 0.1) is 7.11 Å². The maximum atomic E-state index is 11.7. The number of esters is 1. The summed E-state index contributed by atoms with van der Waals surface area (Å²) in [6.45, 7) is 0. The number of methoxy groups -OCH3 is 1. The molecule has 1 aromatic heterocycles. The molecule has 4 heteroatoms. The van der Waals surface area contributed by atoms with Gasteiger partial charge in [0.25, 0.3) is 5.78 Å². The van der Waals surface area contributed by atoms with Gasteiger partial charge in [0.2, 0.25) is 0 Å². The van der Waals surface area contributed by atoms with Crippen LogP contribution in [0.1, 0.15) is 10.4 Å². The van der Waals surface area contributed by atoms with E-state index < -0.39 is 11.8 Å². The minimum absolute atomic E-state index is 0.262. The Balaban J connectivity index is 2.19. The third kappa shape index (κ3) is 1.78. The number of carbonyl (C=O) groups excluding carboxylic acids is 2. The molecule has 0 aliphatic heterocycles. The zero-order valence-electron chi connectivity index (χ0n) is 10.2. The highest BCUT2D eigenvalue weighted by molar-refractivity contribution is 6.40. The molecular formula is C15H10O4. The predicted molar refractivity (Wildman–Crippen MR) is 70.1 cm³/mol. The first kappa shape index (κ1) is 11.5. The van der Waals surface area contributed by atoms with Crippen molar-refractivity contribution in [1.29, 1.82) is 0 Å². The van der Waals surface area contributed by atoms with E-state index in [9.17, 15) is 9.59 Å². The molecule has 0 fully saturated rings. The summed E-state index contributed by atoms with van der Waals surface area (Å²) in [5.74, 6) is -1.56. The Hall–Kier alpha value is -2.62. The van der Waals surface area contributed by atoms with Crippen molar-refractivity contribution in [2.75, 3.05) is 7.11 Å². The summed E-state index contributed by atoms with van der Waals surface area (Å²) >= 11 is 0. The van der Waals surface area contributed by atoms with Crippen molar-refractivity contribution in [1.82, 2.24) is 0 Å². The van der Waals surface area contributed by atoms with Crippen LogP contribution in [-0.4, -0.2) is 18.9 Å². The van der Waals surface area contributed by atoms with Crippen molar-refractivity contribution in [3.8, 4) is 0 Å². The lowest BCUT2D eigenvalue weighted by molar-refractivity contribution is -0.135. The van der Waals surface area contributed by atoms with Crippen molar-refractivity contribution >= 4 is 33.7 Å². The van der Waals surface area contributed by atoms with Crippen LogP contribution in [0.2, 0.25) is 0 Å². The molecule has 4 nitrogen and oxygen atoms in total. The van der Waals surface area contributed by atoms with Crippen molar-refractivity contribution < 1.29 is 18.7 Å². The minimum Gasteiger partial charge on any atom is -0.463 e. The lowest BCUT2D eigenvalue weighted by Crippen LogP contribution is -2.15. The quantitative estimate of drug-likeness (QED) is 0.401. The third-order valence-electron chi connectivity index (χ3n) is 3.01. The van der Waals surface area contributed by atoms with Crippen LogP contribution >= 0.6 is 0 Å². The number of ether oxygens (including phenoxy) is 1. The first-order valence-electron chi connectivity index (χ1n) is 5.74. The number of Topliss-reactive ketones (excluding diaryl/α,β-unsaturated/α-hetero) is 1. The molecule has 2 aromatic carbocycles. The summed E-state index contributed by atoms with van der Waals surface area (Å²) in [6, 6.07) is 12.5. The van der Waals surface area contributed by atoms with Gasteiger partial charge in [-0.1, -0.05) is 18.2 Å². The van der Waals surface area contributed by atoms with E-state index in [2.05, 4.69) is 4.74 Å². The normalized spacial score (nSPS) is 10.8. The van der Waals surface area contributed by atoms with Crippen LogP contribution in [0.3, 0.4) is 0 Å². The van der Waals surface area contributed by atoms with Crippen LogP contribution in [-0.2, 0) is 9.53 Å². The summed E-state index contributed by atoms with van der Waals surface area (Å²) in [5, 5.41) is 1.89. The second kappa shape index (κ2) is 4.24. The van der Waals surface area contributed by atoms with Crippen LogP contribution in [0.15, 0.2) is 46.9 Å². The lowest BCUT2D eigenvalue weighted by atomic mass is 10.1. The molecule has 0 N–H and O–H groups in total. The maximum Gasteiger partial charge on any atom is 0.379 e. The Morgan fingerprint density at radius 2 is 1.74 bits per heavy atom. The minimum atomic E-state index is -0.879. The molecule has 0 bridgehead atoms. The predicted octanol–water partition coefficient (Wildman–Crippen LogP) is 2.94. The lowest BCUT2D eigenvalue weighted by Gasteiger charge is -1.98. The maximum absolute atomic E-state index is 11.7. The summed E-state index contributed by atoms with van der Waals surface area (Å²) in [4.78, 5) is 22.9. The van der Waals surface area contributed by atoms with E-state index in [4.69, 9.17) is 4.42 Å². The number of carbonyl (C=O) groups is 2. The smallest absolute Gasteiger partial charge is 0.379 e. The fraction of sp³-hybridized carbons (Fsp3) is 0.0667. The topological polar surface area (TPSA) is 56.5 Å². The number of hydrogen-bond donors (Lipinski definition) is 0. The zero-order chi connectivity index (χ0) is 13.4. The Bertz CT molecular complexity index is 798. The number of hydrogen-bond acceptors (Lipinski definition) is 4. The molecule has 1 heterocycles. The number of para-hydroxylation sites is 1. The van der Waals surface area contributed by atoms with Crippen molar-refractivity contribution in [2.45, 2.75) is 0 Å². The molecule has 0 aliphatic carbocycles. The fourth-order valence-electron chi connectivity index (χ4n) is 2.08. The molecule has 0 unspecified atom stereocenters. The Morgan fingerprint density at radius 1 is 1.00 bits per heavy atom. The van der Waals surface area contributed by atoms with E-state index >= 15 is 0 Å². The SMILES string of the molecule is COC(=O)C(=O)c1ccc2c(c1)oc1ccccc12. The highest BCUT2D eigenvalue weighted by atomic mass is 16.5. The molecule has 3 aromatic rings. The van der Waals surface area contributed by atoms with E-state index in [1.165, 1.54) is 7.11 Å². The number of ketones is 1. The first-order valence-corrected chi connectivity index (χ1v) is 5.74. The van der Waals surface area contributed by atoms with Gasteiger partial charge in [0.15, 0.2) is 0 Å². The van der Waals surface area contributed by atoms with Crippen molar-refractivity contribution in [3.63, 3.8) is 0 Å². The summed E-state index contributed by atoms with van der Waals surface area (Å²) in [5.41, 5.74) is 1.59. The van der Waals surface area contributed by atoms with E-state index in [0.717, 1.165) is 16.4 Å². The average Bonchev–Trinajstić information content (AvgIpc) is 2.83. The van der Waals surface area contributed by atoms with E-state index in [1.807, 2.05) is 24.3 Å². The van der Waals surface area contributed by atoms with E-state index in [1.54, 1.807) is 18.2 Å². The largest absolute Gasteiger partial charge is 0.463 e. The van der Waals surface area contributed by atoms with Crippen LogP contribution in [0.5, 0.6) is 0 Å². The molecular weight excluding hydrogens is 244 g/mol. The first-order chi connectivity index (χ1) is 9.20. The van der Waals surface area contributed by atoms with Gasteiger partial charge >= 0.3 is 5.97 Å². The molecule has 0 saturated carbocycles. The highest BCUT2D eigenvalue weighted by Gasteiger charge is 2.18. The number of rotatable bonds is 2. The van der Waals surface area contributed by atoms with Crippen molar-refractivity contribution in [2.24, 2.45) is 0 Å². The second-order valence-electron chi connectivity index (χ2n) is 4.13. The van der Waals surface area contributed by atoms with Crippen molar-refractivity contribution in [3.05, 3.63) is 48.0 Å². The van der Waals surface area contributed by atoms with Gasteiger partial charge in [-0.15, -0.1) is 0 Å². The summed E-state index contributed by atoms with van der Waals surface area (Å²) in [6.07, 6.45) is 0. The Morgan fingerprint density at radius 3 is 2.53 bits per heavy atom. The Kier molecular flexibility index (Phi) is 2.56. The zero-order valence-corrected chi connectivity index (χ0v) is 10.2. The van der Waals surface area contributed by atoms with Crippen LogP contribution in [0.4, 0.5) is 0 Å². The highest BCUT2D eigenvalue weighted by Crippen LogP contribution is 2.29. The van der Waals surface area contributed by atoms with Gasteiger partial charge < -0.3 is 9.15 Å². The number of fused-ring (bicyclic) bond motifs is 3. The Labute approximate surface area is 108 Å². The summed E-state index contributed by atoms with van der Waals surface area (Å²) in [7, 11) is 1.18. The molecule has 0 atom stereocenters. The van der Waals surface area contributed by atoms with Gasteiger partial charge in [-0.2, -0.15) is 0 Å². The van der Waals surface area contributed by atoms with E-state index in [0.29, 0.717) is 5.58 Å². The van der Waals surface area contributed by atoms with Gasteiger partial charge in [0.1, 0.15) is 11.2 Å². The van der Waals surface area contributed by atoms with Crippen LogP contribution in [0.25, 0.3) is 21.9 Å². The van der Waals surface area contributed by atoms with Gasteiger partial charge in [-0.05, 0) is 24.3 Å².